The van der Waals surface area contributed by atoms with E-state index in [2.05, 4.69) is 12.2 Å². The molecule has 1 aromatic rings. The van der Waals surface area contributed by atoms with Crippen molar-refractivity contribution in [3.63, 3.8) is 0 Å². The molecule has 1 N–H and O–H groups in total. The van der Waals surface area contributed by atoms with Gasteiger partial charge in [-0.15, -0.1) is 0 Å². The van der Waals surface area contributed by atoms with Gasteiger partial charge in [0.05, 0.1) is 0 Å². The quantitative estimate of drug-likeness (QED) is 0.774. The predicted molar refractivity (Wildman–Crippen MR) is 73.8 cm³/mol. The van der Waals surface area contributed by atoms with Crippen molar-refractivity contribution in [1.29, 1.82) is 0 Å². The third kappa shape index (κ3) is 4.09. The molecule has 0 amide bonds. The lowest BCUT2D eigenvalue weighted by Gasteiger charge is -2.26. The minimum Gasteiger partial charge on any atom is -0.313 e. The Labute approximate surface area is 110 Å². The molecule has 2 heteroatoms. The second kappa shape index (κ2) is 6.89. The maximum atomic E-state index is 13.4. The lowest BCUT2D eigenvalue weighted by molar-refractivity contribution is 0.275. The van der Waals surface area contributed by atoms with Crippen molar-refractivity contribution < 1.29 is 4.39 Å². The molecule has 1 nitrogen and oxygen atoms in total. The molecule has 2 rings (SSSR count). The van der Waals surface area contributed by atoms with Gasteiger partial charge in [-0.3, -0.25) is 0 Å². The summed E-state index contributed by atoms with van der Waals surface area (Å²) < 4.78 is 13.4. The van der Waals surface area contributed by atoms with Crippen LogP contribution in [0.1, 0.15) is 44.6 Å². The van der Waals surface area contributed by atoms with Crippen LogP contribution in [0.25, 0.3) is 0 Å². The SMILES string of the molecule is CC1CCC(CCNCc2ccccc2F)CC1. The molecule has 0 radical (unpaired) electrons. The van der Waals surface area contributed by atoms with Crippen LogP contribution < -0.4 is 5.32 Å². The van der Waals surface area contributed by atoms with Gasteiger partial charge in [-0.05, 0) is 30.9 Å². The van der Waals surface area contributed by atoms with Gasteiger partial charge in [-0.25, -0.2) is 4.39 Å². The lowest BCUT2D eigenvalue weighted by Crippen LogP contribution is -2.21. The van der Waals surface area contributed by atoms with Crippen molar-refractivity contribution in [3.8, 4) is 0 Å². The fourth-order valence-corrected chi connectivity index (χ4v) is 2.79. The van der Waals surface area contributed by atoms with E-state index in [4.69, 9.17) is 0 Å². The third-order valence-corrected chi connectivity index (χ3v) is 4.14. The van der Waals surface area contributed by atoms with E-state index in [1.807, 2.05) is 12.1 Å². The molecule has 1 saturated carbocycles. The van der Waals surface area contributed by atoms with Gasteiger partial charge in [0.15, 0.2) is 0 Å². The van der Waals surface area contributed by atoms with E-state index >= 15 is 0 Å². The molecule has 0 aliphatic heterocycles. The predicted octanol–water partition coefficient (Wildman–Crippen LogP) is 4.13. The monoisotopic (exact) mass is 249 g/mol. The zero-order chi connectivity index (χ0) is 12.8. The van der Waals surface area contributed by atoms with E-state index in [0.717, 1.165) is 23.9 Å². The summed E-state index contributed by atoms with van der Waals surface area (Å²) in [5.41, 5.74) is 0.773. The fraction of sp³-hybridized carbons (Fsp3) is 0.625. The minimum atomic E-state index is -0.100. The van der Waals surface area contributed by atoms with Gasteiger partial charge in [0.1, 0.15) is 5.82 Å². The molecule has 0 bridgehead atoms. The maximum Gasteiger partial charge on any atom is 0.127 e. The first kappa shape index (κ1) is 13.5. The van der Waals surface area contributed by atoms with E-state index in [1.54, 1.807) is 6.07 Å². The highest BCUT2D eigenvalue weighted by Crippen LogP contribution is 2.29. The standard InChI is InChI=1S/C16H24FN/c1-13-6-8-14(9-7-13)10-11-18-12-15-4-2-3-5-16(15)17/h2-5,13-14,18H,6-12H2,1H3. The largest absolute Gasteiger partial charge is 0.313 e. The molecule has 0 heterocycles. The van der Waals surface area contributed by atoms with Crippen molar-refractivity contribution in [1.82, 2.24) is 5.32 Å². The zero-order valence-electron chi connectivity index (χ0n) is 11.3. The first-order chi connectivity index (χ1) is 8.75. The Kier molecular flexibility index (Phi) is 5.18. The summed E-state index contributed by atoms with van der Waals surface area (Å²) in [4.78, 5) is 0. The lowest BCUT2D eigenvalue weighted by atomic mass is 9.81. The van der Waals surface area contributed by atoms with Gasteiger partial charge < -0.3 is 5.32 Å². The number of rotatable bonds is 5. The smallest absolute Gasteiger partial charge is 0.127 e. The van der Waals surface area contributed by atoms with Crippen LogP contribution in [0.15, 0.2) is 24.3 Å². The second-order valence-electron chi connectivity index (χ2n) is 5.68. The van der Waals surface area contributed by atoms with E-state index in [1.165, 1.54) is 38.2 Å². The third-order valence-electron chi connectivity index (χ3n) is 4.14. The number of hydrogen-bond acceptors (Lipinski definition) is 1. The summed E-state index contributed by atoms with van der Waals surface area (Å²) in [5, 5.41) is 3.36. The molecule has 0 spiro atoms. The topological polar surface area (TPSA) is 12.0 Å². The summed E-state index contributed by atoms with van der Waals surface area (Å²) >= 11 is 0. The van der Waals surface area contributed by atoms with Crippen molar-refractivity contribution >= 4 is 0 Å². The highest BCUT2D eigenvalue weighted by Gasteiger charge is 2.17. The van der Waals surface area contributed by atoms with Crippen LogP contribution in [0.3, 0.4) is 0 Å². The van der Waals surface area contributed by atoms with Gasteiger partial charge in [0.25, 0.3) is 0 Å². The number of nitrogens with one attached hydrogen (secondary N) is 1. The van der Waals surface area contributed by atoms with Gasteiger partial charge >= 0.3 is 0 Å². The highest BCUT2D eigenvalue weighted by molar-refractivity contribution is 5.16. The van der Waals surface area contributed by atoms with Crippen molar-refractivity contribution in [2.24, 2.45) is 11.8 Å². The average Bonchev–Trinajstić information content (AvgIpc) is 2.39. The van der Waals surface area contributed by atoms with Gasteiger partial charge in [-0.1, -0.05) is 50.8 Å². The summed E-state index contributed by atoms with van der Waals surface area (Å²) in [6.07, 6.45) is 6.77. The Hall–Kier alpha value is -0.890. The Bertz CT molecular complexity index is 356. The van der Waals surface area contributed by atoms with Crippen molar-refractivity contribution in [2.75, 3.05) is 6.54 Å². The summed E-state index contributed by atoms with van der Waals surface area (Å²) in [7, 11) is 0. The Morgan fingerprint density at radius 1 is 1.17 bits per heavy atom. The molecule has 1 fully saturated rings. The number of benzene rings is 1. The van der Waals surface area contributed by atoms with E-state index in [-0.39, 0.29) is 5.82 Å². The average molecular weight is 249 g/mol. The molecule has 1 aliphatic carbocycles. The first-order valence-corrected chi connectivity index (χ1v) is 7.20. The van der Waals surface area contributed by atoms with Gasteiger partial charge in [0.2, 0.25) is 0 Å². The fourth-order valence-electron chi connectivity index (χ4n) is 2.79. The normalized spacial score (nSPS) is 24.1. The Morgan fingerprint density at radius 2 is 1.89 bits per heavy atom. The summed E-state index contributed by atoms with van der Waals surface area (Å²) in [6, 6.07) is 7.01. The molecule has 100 valence electrons. The summed E-state index contributed by atoms with van der Waals surface area (Å²) in [5.74, 6) is 1.71. The van der Waals surface area contributed by atoms with E-state index < -0.39 is 0 Å². The highest BCUT2D eigenvalue weighted by atomic mass is 19.1. The molecule has 0 unspecified atom stereocenters. The van der Waals surface area contributed by atoms with Gasteiger partial charge in [-0.2, -0.15) is 0 Å². The van der Waals surface area contributed by atoms with Gasteiger partial charge in [0, 0.05) is 12.1 Å². The summed E-state index contributed by atoms with van der Waals surface area (Å²) in [6.45, 7) is 4.01. The van der Waals surface area contributed by atoms with Crippen LogP contribution in [0, 0.1) is 17.7 Å². The Morgan fingerprint density at radius 3 is 2.61 bits per heavy atom. The zero-order valence-corrected chi connectivity index (χ0v) is 11.3. The molecule has 1 aromatic carbocycles. The molecule has 1 aliphatic rings. The van der Waals surface area contributed by atoms with Crippen LogP contribution in [0.2, 0.25) is 0 Å². The van der Waals surface area contributed by atoms with Crippen LogP contribution in [-0.2, 0) is 6.54 Å². The maximum absolute atomic E-state index is 13.4. The second-order valence-corrected chi connectivity index (χ2v) is 5.68. The van der Waals surface area contributed by atoms with Crippen LogP contribution in [0.5, 0.6) is 0 Å². The number of hydrogen-bond donors (Lipinski definition) is 1. The molecule has 18 heavy (non-hydrogen) atoms. The van der Waals surface area contributed by atoms with Crippen molar-refractivity contribution in [2.45, 2.75) is 45.6 Å². The number of halogens is 1. The molecule has 0 aromatic heterocycles. The molecular formula is C16H24FN. The first-order valence-electron chi connectivity index (χ1n) is 7.20. The van der Waals surface area contributed by atoms with E-state index in [9.17, 15) is 4.39 Å². The Balaban J connectivity index is 1.63. The molecule has 0 saturated heterocycles. The van der Waals surface area contributed by atoms with Crippen LogP contribution >= 0.6 is 0 Å². The van der Waals surface area contributed by atoms with E-state index in [0.29, 0.717) is 6.54 Å². The van der Waals surface area contributed by atoms with Crippen LogP contribution in [-0.4, -0.2) is 6.54 Å². The minimum absolute atomic E-state index is 0.100. The molecule has 0 atom stereocenters. The molecular weight excluding hydrogens is 225 g/mol. The van der Waals surface area contributed by atoms with Crippen molar-refractivity contribution in [3.05, 3.63) is 35.6 Å². The van der Waals surface area contributed by atoms with Crippen LogP contribution in [0.4, 0.5) is 4.39 Å².